The Morgan fingerprint density at radius 1 is 0.596 bits per heavy atom. The smallest absolute Gasteiger partial charge is 0.0775 e. The van der Waals surface area contributed by atoms with Crippen LogP contribution in [0.2, 0.25) is 52.4 Å². The van der Waals surface area contributed by atoms with Crippen molar-refractivity contribution in [3.05, 3.63) is 120 Å². The van der Waals surface area contributed by atoms with Gasteiger partial charge in [0.05, 0.1) is 16.1 Å². The zero-order chi connectivity index (χ0) is 32.9. The Bertz CT molecular complexity index is 1880. The molecule has 6 aromatic rings. The van der Waals surface area contributed by atoms with E-state index in [4.69, 9.17) is 0 Å². The minimum absolute atomic E-state index is 0. The van der Waals surface area contributed by atoms with Gasteiger partial charge in [-0.1, -0.05) is 135 Å². The number of fused-ring (bicyclic) bond motifs is 2. The number of rotatable bonds is 5. The third-order valence-electron chi connectivity index (χ3n) is 8.24. The van der Waals surface area contributed by atoms with Gasteiger partial charge in [0.25, 0.3) is 0 Å². The number of hydrogen-bond donors (Lipinski definition) is 0. The molecule has 0 nitrogen and oxygen atoms in total. The van der Waals surface area contributed by atoms with Crippen LogP contribution in [-0.2, 0) is 29.8 Å². The normalized spacial score (nSPS) is 11.1. The molecule has 6 aromatic carbocycles. The third kappa shape index (κ3) is 11.1. The molecule has 246 valence electrons. The van der Waals surface area contributed by atoms with Crippen molar-refractivity contribution in [2.75, 3.05) is 0 Å². The Morgan fingerprint density at radius 2 is 0.979 bits per heavy atom. The Hall–Kier alpha value is -1.79. The zero-order valence-corrected chi connectivity index (χ0v) is 36.8. The average Bonchev–Trinajstić information content (AvgIpc) is 3.59. The Balaban J connectivity index is 0.000000283. The molecule has 0 atom stereocenters. The van der Waals surface area contributed by atoms with E-state index in [9.17, 15) is 0 Å². The number of benzene rings is 4. The van der Waals surface area contributed by atoms with Crippen LogP contribution in [0.1, 0.15) is 18.1 Å². The minimum atomic E-state index is -1.21. The fourth-order valence-corrected chi connectivity index (χ4v) is 8.02. The molecule has 0 aliphatic heterocycles. The predicted molar refractivity (Wildman–Crippen MR) is 208 cm³/mol. The fraction of sp³-hybridized carbons (Fsp3) is 0.268. The van der Waals surface area contributed by atoms with E-state index in [-0.39, 0.29) is 30.2 Å². The molecule has 0 saturated carbocycles. The third-order valence-corrected chi connectivity index (χ3v) is 12.4. The Kier molecular flexibility index (Phi) is 15.6. The first kappa shape index (κ1) is 41.4. The molecule has 0 bridgehead atoms. The largest absolute Gasteiger partial charge is 1.00 e. The van der Waals surface area contributed by atoms with Crippen LogP contribution < -0.4 is 35.2 Å². The van der Waals surface area contributed by atoms with E-state index in [1.165, 1.54) is 65.3 Å². The number of halogens is 2. The Labute approximate surface area is 314 Å². The molecule has 0 amide bonds. The molecular formula is C41H50Cl2Si3Zr-2. The van der Waals surface area contributed by atoms with E-state index in [1.54, 1.807) is 23.3 Å². The van der Waals surface area contributed by atoms with Crippen molar-refractivity contribution in [1.82, 2.24) is 0 Å². The average molecular weight is 789 g/mol. The van der Waals surface area contributed by atoms with Crippen molar-refractivity contribution in [3.8, 4) is 22.3 Å². The maximum absolute atomic E-state index is 2.40. The Morgan fingerprint density at radius 3 is 1.36 bits per heavy atom. The van der Waals surface area contributed by atoms with Crippen LogP contribution in [0.25, 0.3) is 43.8 Å². The van der Waals surface area contributed by atoms with Crippen LogP contribution in [0.15, 0.2) is 109 Å². The summed E-state index contributed by atoms with van der Waals surface area (Å²) in [5, 5.41) is 8.50. The molecule has 6 heteroatoms. The first-order chi connectivity index (χ1) is 21.2. The summed E-state index contributed by atoms with van der Waals surface area (Å²) in [5.74, 6) is 0. The summed E-state index contributed by atoms with van der Waals surface area (Å²) < 4.78 is 0. The van der Waals surface area contributed by atoms with Gasteiger partial charge in [-0.15, -0.1) is 69.1 Å². The second-order valence-electron chi connectivity index (χ2n) is 14.5. The first-order valence-corrected chi connectivity index (χ1v) is 29.4. The standard InChI is InChI=1S/C20H23Si.C19H21Si.C2H6Si.2ClH.Zr/c1-5-15-13-17-7-6-8-19(20(17)14-15)16-9-11-18(12-10-16)21(2,3)4;1-14-12-16-6-5-7-18(19(16)13-14)15-8-10-17(11-9-15)20(2,3)4;1-3-2;;;/h6-14H,5H2,1-4H3;5-13H,1-4H3;1-2H3;2*1H;/q2*-1;;;;+2/p-2. The quantitative estimate of drug-likeness (QED) is 0.167. The van der Waals surface area contributed by atoms with Crippen LogP contribution in [-0.4, -0.2) is 21.6 Å². The monoisotopic (exact) mass is 786 g/mol. The van der Waals surface area contributed by atoms with Gasteiger partial charge in [0.15, 0.2) is 0 Å². The van der Waals surface area contributed by atoms with Gasteiger partial charge in [-0.05, 0) is 17.5 Å². The topological polar surface area (TPSA) is 0 Å². The van der Waals surface area contributed by atoms with E-state index in [2.05, 4.69) is 175 Å². The summed E-state index contributed by atoms with van der Waals surface area (Å²) in [6.07, 6.45) is 1.10. The summed E-state index contributed by atoms with van der Waals surface area (Å²) in [5.41, 5.74) is 8.33. The second-order valence-corrected chi connectivity index (χ2v) is 34.1. The molecule has 0 N–H and O–H groups in total. The van der Waals surface area contributed by atoms with Crippen LogP contribution >= 0.6 is 0 Å². The van der Waals surface area contributed by atoms with Gasteiger partial charge in [0.2, 0.25) is 0 Å². The second kappa shape index (κ2) is 17.7. The van der Waals surface area contributed by atoms with E-state index in [0.717, 1.165) is 6.42 Å². The summed E-state index contributed by atoms with van der Waals surface area (Å²) in [6.45, 7) is 23.4. The molecule has 0 aliphatic rings. The van der Waals surface area contributed by atoms with Gasteiger partial charge in [0.1, 0.15) is 0 Å². The first-order valence-electron chi connectivity index (χ1n) is 16.3. The van der Waals surface area contributed by atoms with Crippen LogP contribution in [0.3, 0.4) is 0 Å². The van der Waals surface area contributed by atoms with E-state index in [0.29, 0.717) is 0 Å². The molecule has 47 heavy (non-hydrogen) atoms. The molecule has 0 heterocycles. The molecule has 0 aliphatic carbocycles. The maximum Gasteiger partial charge on any atom is 0.0775 e. The van der Waals surface area contributed by atoms with Crippen LogP contribution in [0.5, 0.6) is 0 Å². The van der Waals surface area contributed by atoms with Gasteiger partial charge in [-0.25, -0.2) is 0 Å². The van der Waals surface area contributed by atoms with Crippen molar-refractivity contribution in [2.45, 2.75) is 72.6 Å². The fourth-order valence-electron chi connectivity index (χ4n) is 5.69. The van der Waals surface area contributed by atoms with E-state index in [1.807, 2.05) is 0 Å². The summed E-state index contributed by atoms with van der Waals surface area (Å²) >= 11 is 1.74. The summed E-state index contributed by atoms with van der Waals surface area (Å²) in [7, 11) is -2.42. The van der Waals surface area contributed by atoms with Crippen molar-refractivity contribution >= 4 is 53.5 Å². The molecule has 0 unspecified atom stereocenters. The molecule has 0 spiro atoms. The minimum Gasteiger partial charge on any atom is -1.00 e. The van der Waals surface area contributed by atoms with Gasteiger partial charge < -0.3 is 24.8 Å². The van der Waals surface area contributed by atoms with Gasteiger partial charge in [0, 0.05) is 0 Å². The van der Waals surface area contributed by atoms with Crippen molar-refractivity contribution in [1.29, 1.82) is 0 Å². The van der Waals surface area contributed by atoms with Crippen LogP contribution in [0.4, 0.5) is 0 Å². The zero-order valence-electron chi connectivity index (χ0n) is 29.9. The number of aryl methyl sites for hydroxylation is 2. The van der Waals surface area contributed by atoms with Crippen molar-refractivity contribution in [2.24, 2.45) is 0 Å². The maximum atomic E-state index is 2.40. The van der Waals surface area contributed by atoms with E-state index < -0.39 is 16.1 Å². The van der Waals surface area contributed by atoms with Crippen molar-refractivity contribution < 1.29 is 48.1 Å². The van der Waals surface area contributed by atoms with Crippen LogP contribution in [0, 0.1) is 6.92 Å². The van der Waals surface area contributed by atoms with Gasteiger partial charge in [-0.3, -0.25) is 0 Å². The molecule has 6 rings (SSSR count). The summed E-state index contributed by atoms with van der Waals surface area (Å²) in [4.78, 5) is 0. The van der Waals surface area contributed by atoms with Crippen molar-refractivity contribution in [3.63, 3.8) is 0 Å². The van der Waals surface area contributed by atoms with E-state index >= 15 is 0 Å². The molecule has 0 fully saturated rings. The molecule has 0 radical (unpaired) electrons. The molecular weight excluding hydrogens is 739 g/mol. The van der Waals surface area contributed by atoms with Gasteiger partial charge in [-0.2, -0.15) is 12.1 Å². The number of hydrogen-bond acceptors (Lipinski definition) is 0. The molecule has 0 saturated heterocycles. The van der Waals surface area contributed by atoms with Gasteiger partial charge >= 0.3 is 41.9 Å². The SMILES string of the molecule is CCc1cc2c(-c3ccc([Si](C)(C)C)cc3)cccc2[cH-]1.C[Si](C)=[Zr+2].Cc1cc2c(-c3ccc([Si](C)(C)C)cc3)cccc2[cH-]1.[Cl-].[Cl-]. The summed E-state index contributed by atoms with van der Waals surface area (Å²) in [6, 6.07) is 40.8. The predicted octanol–water partition coefficient (Wildman–Crippen LogP) is 5.20. The molecule has 0 aromatic heterocycles.